The van der Waals surface area contributed by atoms with Crippen molar-refractivity contribution in [3.63, 3.8) is 0 Å². The summed E-state index contributed by atoms with van der Waals surface area (Å²) in [6.45, 7) is 1.79. The van der Waals surface area contributed by atoms with Crippen molar-refractivity contribution in [2.45, 2.75) is 6.92 Å². The number of hydrogen-bond donors (Lipinski definition) is 1. The SMILES string of the molecule is Cc1nn(C)c(Oc2cnn(C)c2)c1/C=C/C(=O)O. The van der Waals surface area contributed by atoms with Crippen LogP contribution in [0.1, 0.15) is 11.3 Å². The molecule has 7 nitrogen and oxygen atoms in total. The molecule has 0 radical (unpaired) electrons. The Labute approximate surface area is 109 Å². The molecule has 0 aromatic carbocycles. The van der Waals surface area contributed by atoms with E-state index in [-0.39, 0.29) is 0 Å². The van der Waals surface area contributed by atoms with Crippen LogP contribution in [0.4, 0.5) is 0 Å². The van der Waals surface area contributed by atoms with Gasteiger partial charge in [-0.25, -0.2) is 9.48 Å². The van der Waals surface area contributed by atoms with Crippen molar-refractivity contribution in [2.24, 2.45) is 14.1 Å². The van der Waals surface area contributed by atoms with Crippen LogP contribution in [-0.4, -0.2) is 30.6 Å². The molecule has 19 heavy (non-hydrogen) atoms. The normalized spacial score (nSPS) is 11.1. The highest BCUT2D eigenvalue weighted by Gasteiger charge is 2.14. The molecule has 0 aliphatic carbocycles. The Balaban J connectivity index is 2.36. The van der Waals surface area contributed by atoms with Crippen LogP contribution >= 0.6 is 0 Å². The van der Waals surface area contributed by atoms with E-state index in [1.165, 1.54) is 6.08 Å². The molecule has 0 bridgehead atoms. The molecule has 100 valence electrons. The standard InChI is InChI=1S/C12H14N4O3/c1-8-10(4-5-11(17)18)12(16(3)14-8)19-9-6-13-15(2)7-9/h4-7H,1-3H3,(H,17,18)/b5-4+. The lowest BCUT2D eigenvalue weighted by molar-refractivity contribution is -0.131. The van der Waals surface area contributed by atoms with Crippen molar-refractivity contribution < 1.29 is 14.6 Å². The van der Waals surface area contributed by atoms with Gasteiger partial charge in [-0.2, -0.15) is 10.2 Å². The predicted molar refractivity (Wildman–Crippen MR) is 67.9 cm³/mol. The highest BCUT2D eigenvalue weighted by molar-refractivity contribution is 5.86. The number of aryl methyl sites for hydroxylation is 3. The summed E-state index contributed by atoms with van der Waals surface area (Å²) in [6.07, 6.45) is 5.82. The average molecular weight is 262 g/mol. The first-order chi connectivity index (χ1) is 8.97. The Morgan fingerprint density at radius 1 is 1.47 bits per heavy atom. The van der Waals surface area contributed by atoms with E-state index in [0.29, 0.717) is 22.9 Å². The fourth-order valence-electron chi connectivity index (χ4n) is 1.68. The maximum absolute atomic E-state index is 10.6. The van der Waals surface area contributed by atoms with Gasteiger partial charge in [-0.05, 0) is 13.0 Å². The number of carboxylic acid groups (broad SMARTS) is 1. The van der Waals surface area contributed by atoms with E-state index < -0.39 is 5.97 Å². The lowest BCUT2D eigenvalue weighted by atomic mass is 10.2. The summed E-state index contributed by atoms with van der Waals surface area (Å²) in [5, 5.41) is 16.9. The third-order valence-corrected chi connectivity index (χ3v) is 2.50. The fraction of sp³-hybridized carbons (Fsp3) is 0.250. The largest absolute Gasteiger partial charge is 0.478 e. The van der Waals surface area contributed by atoms with Gasteiger partial charge in [0.2, 0.25) is 5.88 Å². The highest BCUT2D eigenvalue weighted by Crippen LogP contribution is 2.27. The quantitative estimate of drug-likeness (QED) is 0.841. The molecule has 7 heteroatoms. The fourth-order valence-corrected chi connectivity index (χ4v) is 1.68. The van der Waals surface area contributed by atoms with Gasteiger partial charge in [0.25, 0.3) is 0 Å². The number of hydrogen-bond acceptors (Lipinski definition) is 4. The Hall–Kier alpha value is -2.57. The number of ether oxygens (including phenoxy) is 1. The number of nitrogens with zero attached hydrogens (tertiary/aromatic N) is 4. The topological polar surface area (TPSA) is 82.2 Å². The molecular formula is C12H14N4O3. The molecule has 0 saturated heterocycles. The van der Waals surface area contributed by atoms with Crippen molar-refractivity contribution in [1.82, 2.24) is 19.6 Å². The second kappa shape index (κ2) is 4.97. The van der Waals surface area contributed by atoms with Gasteiger partial charge in [-0.1, -0.05) is 0 Å². The van der Waals surface area contributed by atoms with Crippen LogP contribution in [0.3, 0.4) is 0 Å². The summed E-state index contributed by atoms with van der Waals surface area (Å²) < 4.78 is 8.86. The van der Waals surface area contributed by atoms with Crippen molar-refractivity contribution in [3.05, 3.63) is 29.7 Å². The van der Waals surface area contributed by atoms with Gasteiger partial charge < -0.3 is 9.84 Å². The predicted octanol–water partition coefficient (Wildman–Crippen LogP) is 1.35. The van der Waals surface area contributed by atoms with E-state index >= 15 is 0 Å². The Morgan fingerprint density at radius 3 is 2.79 bits per heavy atom. The van der Waals surface area contributed by atoms with Gasteiger partial charge in [-0.3, -0.25) is 4.68 Å². The van der Waals surface area contributed by atoms with Crippen molar-refractivity contribution >= 4 is 12.0 Å². The number of carbonyl (C=O) groups is 1. The molecule has 0 atom stereocenters. The first kappa shape index (κ1) is 12.9. The number of carboxylic acids is 1. The van der Waals surface area contributed by atoms with Gasteiger partial charge in [0.05, 0.1) is 23.7 Å². The second-order valence-electron chi connectivity index (χ2n) is 4.05. The van der Waals surface area contributed by atoms with Crippen LogP contribution in [0, 0.1) is 6.92 Å². The molecule has 0 amide bonds. The maximum atomic E-state index is 10.6. The minimum absolute atomic E-state index is 0.475. The van der Waals surface area contributed by atoms with E-state index in [0.717, 1.165) is 6.08 Å². The molecule has 2 rings (SSSR count). The van der Waals surface area contributed by atoms with Crippen LogP contribution in [-0.2, 0) is 18.9 Å². The molecule has 2 heterocycles. The summed E-state index contributed by atoms with van der Waals surface area (Å²) in [5.41, 5.74) is 1.33. The molecule has 0 saturated carbocycles. The van der Waals surface area contributed by atoms with E-state index in [4.69, 9.17) is 9.84 Å². The monoisotopic (exact) mass is 262 g/mol. The van der Waals surface area contributed by atoms with Crippen LogP contribution in [0.5, 0.6) is 11.6 Å². The van der Waals surface area contributed by atoms with Crippen LogP contribution in [0.15, 0.2) is 18.5 Å². The summed E-state index contributed by atoms with van der Waals surface area (Å²) in [4.78, 5) is 10.6. The third kappa shape index (κ3) is 2.82. The third-order valence-electron chi connectivity index (χ3n) is 2.50. The van der Waals surface area contributed by atoms with Gasteiger partial charge in [-0.15, -0.1) is 0 Å². The Kier molecular flexibility index (Phi) is 3.37. The van der Waals surface area contributed by atoms with Crippen LogP contribution in [0.25, 0.3) is 6.08 Å². The lowest BCUT2D eigenvalue weighted by Gasteiger charge is -2.04. The van der Waals surface area contributed by atoms with Gasteiger partial charge in [0.1, 0.15) is 0 Å². The average Bonchev–Trinajstić information content (AvgIpc) is 2.83. The van der Waals surface area contributed by atoms with Gasteiger partial charge >= 0.3 is 5.97 Å². The Bertz CT molecular complexity index is 639. The summed E-state index contributed by atoms with van der Waals surface area (Å²) in [7, 11) is 3.52. The molecule has 1 N–H and O–H groups in total. The smallest absolute Gasteiger partial charge is 0.328 e. The number of rotatable bonds is 4. The zero-order valence-electron chi connectivity index (χ0n) is 10.9. The van der Waals surface area contributed by atoms with Crippen LogP contribution < -0.4 is 4.74 Å². The molecular weight excluding hydrogens is 248 g/mol. The number of aliphatic carboxylic acids is 1. The Morgan fingerprint density at radius 2 is 2.21 bits per heavy atom. The summed E-state index contributed by atoms with van der Waals surface area (Å²) >= 11 is 0. The van der Waals surface area contributed by atoms with Gasteiger partial charge in [0, 0.05) is 20.2 Å². The zero-order valence-corrected chi connectivity index (χ0v) is 10.9. The minimum atomic E-state index is -1.02. The molecule has 0 aliphatic heterocycles. The molecule has 2 aromatic rings. The van der Waals surface area contributed by atoms with E-state index in [9.17, 15) is 4.79 Å². The van der Waals surface area contributed by atoms with Gasteiger partial charge in [0.15, 0.2) is 5.75 Å². The molecule has 0 aliphatic rings. The molecule has 0 spiro atoms. The van der Waals surface area contributed by atoms with E-state index in [1.807, 2.05) is 0 Å². The summed E-state index contributed by atoms with van der Waals surface area (Å²) in [5.74, 6) is 0.0223. The van der Waals surface area contributed by atoms with E-state index in [1.54, 1.807) is 42.8 Å². The van der Waals surface area contributed by atoms with Crippen molar-refractivity contribution in [3.8, 4) is 11.6 Å². The molecule has 0 unspecified atom stereocenters. The first-order valence-electron chi connectivity index (χ1n) is 5.58. The molecule has 2 aromatic heterocycles. The molecule has 0 fully saturated rings. The van der Waals surface area contributed by atoms with Crippen molar-refractivity contribution in [2.75, 3.05) is 0 Å². The zero-order chi connectivity index (χ0) is 14.0. The second-order valence-corrected chi connectivity index (χ2v) is 4.05. The number of aromatic nitrogens is 4. The highest BCUT2D eigenvalue weighted by atomic mass is 16.5. The van der Waals surface area contributed by atoms with E-state index in [2.05, 4.69) is 10.2 Å². The van der Waals surface area contributed by atoms with Crippen LogP contribution in [0.2, 0.25) is 0 Å². The van der Waals surface area contributed by atoms with Crippen molar-refractivity contribution in [1.29, 1.82) is 0 Å². The minimum Gasteiger partial charge on any atom is -0.478 e. The lowest BCUT2D eigenvalue weighted by Crippen LogP contribution is -1.95. The summed E-state index contributed by atoms with van der Waals surface area (Å²) in [6, 6.07) is 0. The first-order valence-corrected chi connectivity index (χ1v) is 5.58. The maximum Gasteiger partial charge on any atom is 0.328 e.